The number of nitrogens with zero attached hydrogens (tertiary/aromatic N) is 1. The summed E-state index contributed by atoms with van der Waals surface area (Å²) in [5, 5.41) is 1.09. The number of aromatic nitrogens is 1. The fourth-order valence-electron chi connectivity index (χ4n) is 1.93. The Hall–Kier alpha value is -0.460. The van der Waals surface area contributed by atoms with Gasteiger partial charge in [0.1, 0.15) is 9.84 Å². The number of nitrogens with two attached hydrogens (primary N) is 1. The first-order chi connectivity index (χ1) is 7.59. The van der Waals surface area contributed by atoms with Gasteiger partial charge in [-0.15, -0.1) is 11.3 Å². The topological polar surface area (TPSA) is 73.0 Å². The third-order valence-corrected chi connectivity index (χ3v) is 5.70. The number of thiazole rings is 1. The van der Waals surface area contributed by atoms with E-state index in [-0.39, 0.29) is 0 Å². The SMILES string of the molecule is NCc1cnc(CC2CCS(=O)(=O)CC2)s1. The van der Waals surface area contributed by atoms with Crippen LogP contribution < -0.4 is 5.73 Å². The smallest absolute Gasteiger partial charge is 0.150 e. The van der Waals surface area contributed by atoms with E-state index in [9.17, 15) is 8.42 Å². The molecule has 16 heavy (non-hydrogen) atoms. The van der Waals surface area contributed by atoms with E-state index in [0.717, 1.165) is 29.1 Å². The average molecular weight is 260 g/mol. The molecule has 1 aromatic rings. The van der Waals surface area contributed by atoms with Gasteiger partial charge in [-0.3, -0.25) is 0 Å². The molecule has 4 nitrogen and oxygen atoms in total. The zero-order chi connectivity index (χ0) is 11.6. The largest absolute Gasteiger partial charge is 0.326 e. The fourth-order valence-corrected chi connectivity index (χ4v) is 4.43. The summed E-state index contributed by atoms with van der Waals surface area (Å²) in [7, 11) is -2.74. The molecule has 0 amide bonds. The highest BCUT2D eigenvalue weighted by atomic mass is 32.2. The molecule has 0 bridgehead atoms. The Labute approximate surface area is 99.8 Å². The maximum Gasteiger partial charge on any atom is 0.150 e. The Bertz CT molecular complexity index is 439. The summed E-state index contributed by atoms with van der Waals surface area (Å²) >= 11 is 1.64. The summed E-state index contributed by atoms with van der Waals surface area (Å²) in [5.74, 6) is 1.15. The average Bonchev–Trinajstić information content (AvgIpc) is 2.69. The van der Waals surface area contributed by atoms with Gasteiger partial charge in [-0.1, -0.05) is 0 Å². The lowest BCUT2D eigenvalue weighted by atomic mass is 9.99. The summed E-state index contributed by atoms with van der Waals surface area (Å²) in [6.07, 6.45) is 4.28. The van der Waals surface area contributed by atoms with Gasteiger partial charge in [0.15, 0.2) is 0 Å². The molecule has 2 heterocycles. The molecule has 6 heteroatoms. The molecule has 1 aliphatic rings. The molecule has 0 aliphatic carbocycles. The molecule has 0 saturated carbocycles. The predicted molar refractivity (Wildman–Crippen MR) is 65.1 cm³/mol. The van der Waals surface area contributed by atoms with Crippen molar-refractivity contribution >= 4 is 21.2 Å². The van der Waals surface area contributed by atoms with Crippen LogP contribution in [0, 0.1) is 5.92 Å². The van der Waals surface area contributed by atoms with Gasteiger partial charge in [0, 0.05) is 24.0 Å². The van der Waals surface area contributed by atoms with Crippen LogP contribution in [0.25, 0.3) is 0 Å². The molecule has 1 fully saturated rings. The molecule has 0 spiro atoms. The molecule has 1 aromatic heterocycles. The van der Waals surface area contributed by atoms with Crippen LogP contribution in [0.3, 0.4) is 0 Å². The first kappa shape index (κ1) is 12.0. The molecular formula is C10H16N2O2S2. The van der Waals surface area contributed by atoms with Crippen molar-refractivity contribution in [3.8, 4) is 0 Å². The minimum absolute atomic E-state index is 0.340. The maximum absolute atomic E-state index is 11.3. The lowest BCUT2D eigenvalue weighted by Gasteiger charge is -2.20. The zero-order valence-corrected chi connectivity index (χ0v) is 10.7. The third kappa shape index (κ3) is 3.02. The van der Waals surface area contributed by atoms with Crippen LogP contribution >= 0.6 is 11.3 Å². The van der Waals surface area contributed by atoms with Crippen molar-refractivity contribution in [3.05, 3.63) is 16.1 Å². The minimum atomic E-state index is -2.74. The van der Waals surface area contributed by atoms with Crippen molar-refractivity contribution in [1.82, 2.24) is 4.98 Å². The Kier molecular flexibility index (Phi) is 3.61. The third-order valence-electron chi connectivity index (χ3n) is 2.94. The molecule has 0 radical (unpaired) electrons. The monoisotopic (exact) mass is 260 g/mol. The van der Waals surface area contributed by atoms with Gasteiger partial charge in [0.2, 0.25) is 0 Å². The lowest BCUT2D eigenvalue weighted by Crippen LogP contribution is -2.24. The Balaban J connectivity index is 1.91. The minimum Gasteiger partial charge on any atom is -0.326 e. The molecule has 0 unspecified atom stereocenters. The highest BCUT2D eigenvalue weighted by Gasteiger charge is 2.24. The van der Waals surface area contributed by atoms with Gasteiger partial charge in [0.25, 0.3) is 0 Å². The quantitative estimate of drug-likeness (QED) is 0.879. The van der Waals surface area contributed by atoms with Crippen LogP contribution in [-0.4, -0.2) is 24.9 Å². The second-order valence-electron chi connectivity index (χ2n) is 4.22. The van der Waals surface area contributed by atoms with Crippen LogP contribution in [0.1, 0.15) is 22.7 Å². The molecule has 1 saturated heterocycles. The van der Waals surface area contributed by atoms with Crippen LogP contribution in [0.2, 0.25) is 0 Å². The second kappa shape index (κ2) is 4.81. The number of hydrogen-bond acceptors (Lipinski definition) is 5. The van der Waals surface area contributed by atoms with Crippen LogP contribution in [0.4, 0.5) is 0 Å². The van der Waals surface area contributed by atoms with Crippen LogP contribution in [0.5, 0.6) is 0 Å². The maximum atomic E-state index is 11.3. The van der Waals surface area contributed by atoms with E-state index in [2.05, 4.69) is 4.98 Å². The van der Waals surface area contributed by atoms with E-state index < -0.39 is 9.84 Å². The summed E-state index contributed by atoms with van der Waals surface area (Å²) in [5.41, 5.74) is 5.52. The molecule has 90 valence electrons. The van der Waals surface area contributed by atoms with Crippen molar-refractivity contribution in [2.45, 2.75) is 25.8 Å². The van der Waals surface area contributed by atoms with Gasteiger partial charge in [-0.05, 0) is 18.8 Å². The van der Waals surface area contributed by atoms with E-state index in [1.165, 1.54) is 0 Å². The summed E-state index contributed by atoms with van der Waals surface area (Å²) in [6, 6.07) is 0. The van der Waals surface area contributed by atoms with Gasteiger partial charge < -0.3 is 5.73 Å². The van der Waals surface area contributed by atoms with Gasteiger partial charge >= 0.3 is 0 Å². The zero-order valence-electron chi connectivity index (χ0n) is 9.05. The normalized spacial score (nSPS) is 21.1. The highest BCUT2D eigenvalue weighted by Crippen LogP contribution is 2.24. The highest BCUT2D eigenvalue weighted by molar-refractivity contribution is 7.91. The summed E-state index contributed by atoms with van der Waals surface area (Å²) in [6.45, 7) is 0.538. The lowest BCUT2D eigenvalue weighted by molar-refractivity contribution is 0.462. The standard InChI is InChI=1S/C10H16N2O2S2/c11-6-9-7-12-10(15-9)5-8-1-3-16(13,14)4-2-8/h7-8H,1-6,11H2. The summed E-state index contributed by atoms with van der Waals surface area (Å²) in [4.78, 5) is 5.40. The van der Waals surface area contributed by atoms with E-state index in [0.29, 0.717) is 24.0 Å². The molecular weight excluding hydrogens is 244 g/mol. The molecule has 0 aromatic carbocycles. The number of rotatable bonds is 3. The van der Waals surface area contributed by atoms with Gasteiger partial charge in [-0.2, -0.15) is 0 Å². The van der Waals surface area contributed by atoms with Gasteiger partial charge in [0.05, 0.1) is 16.5 Å². The van der Waals surface area contributed by atoms with Gasteiger partial charge in [-0.25, -0.2) is 13.4 Å². The molecule has 2 N–H and O–H groups in total. The fraction of sp³-hybridized carbons (Fsp3) is 0.700. The molecule has 2 rings (SSSR count). The number of hydrogen-bond donors (Lipinski definition) is 1. The van der Waals surface area contributed by atoms with Crippen LogP contribution in [0.15, 0.2) is 6.20 Å². The second-order valence-corrected chi connectivity index (χ2v) is 7.73. The van der Waals surface area contributed by atoms with Crippen molar-refractivity contribution in [1.29, 1.82) is 0 Å². The Morgan fingerprint density at radius 2 is 2.12 bits per heavy atom. The Morgan fingerprint density at radius 3 is 2.69 bits per heavy atom. The van der Waals surface area contributed by atoms with E-state index >= 15 is 0 Å². The van der Waals surface area contributed by atoms with Crippen molar-refractivity contribution in [2.24, 2.45) is 11.7 Å². The summed E-state index contributed by atoms with van der Waals surface area (Å²) < 4.78 is 22.5. The van der Waals surface area contributed by atoms with Crippen molar-refractivity contribution in [2.75, 3.05) is 11.5 Å². The van der Waals surface area contributed by atoms with Crippen LogP contribution in [-0.2, 0) is 22.8 Å². The first-order valence-electron chi connectivity index (χ1n) is 5.43. The first-order valence-corrected chi connectivity index (χ1v) is 8.07. The van der Waals surface area contributed by atoms with E-state index in [1.807, 2.05) is 6.20 Å². The van der Waals surface area contributed by atoms with E-state index in [1.54, 1.807) is 11.3 Å². The molecule has 1 aliphatic heterocycles. The molecule has 0 atom stereocenters. The number of sulfone groups is 1. The van der Waals surface area contributed by atoms with Crippen molar-refractivity contribution in [3.63, 3.8) is 0 Å². The van der Waals surface area contributed by atoms with E-state index in [4.69, 9.17) is 5.73 Å². The van der Waals surface area contributed by atoms with Crippen molar-refractivity contribution < 1.29 is 8.42 Å². The predicted octanol–water partition coefficient (Wildman–Crippen LogP) is 0.969. The Morgan fingerprint density at radius 1 is 1.44 bits per heavy atom.